The molecule has 0 saturated heterocycles. The number of amides is 2. The van der Waals surface area contributed by atoms with Crippen molar-refractivity contribution in [3.8, 4) is 0 Å². The van der Waals surface area contributed by atoms with E-state index in [2.05, 4.69) is 10.6 Å². The first-order valence-corrected chi connectivity index (χ1v) is 9.04. The van der Waals surface area contributed by atoms with E-state index in [-0.39, 0.29) is 12.3 Å². The van der Waals surface area contributed by atoms with Crippen molar-refractivity contribution in [3.63, 3.8) is 0 Å². The number of Topliss-reactive ketones (excluding diaryl/α,β-unsaturated/α-hetero) is 1. The van der Waals surface area contributed by atoms with Crippen molar-refractivity contribution >= 4 is 40.8 Å². The van der Waals surface area contributed by atoms with Gasteiger partial charge in [0.1, 0.15) is 0 Å². The van der Waals surface area contributed by atoms with Crippen LogP contribution in [0.5, 0.6) is 0 Å². The second kappa shape index (κ2) is 9.07. The summed E-state index contributed by atoms with van der Waals surface area (Å²) in [7, 11) is 1.53. The van der Waals surface area contributed by atoms with Crippen molar-refractivity contribution in [3.05, 3.63) is 65.7 Å². The van der Waals surface area contributed by atoms with Gasteiger partial charge < -0.3 is 15.4 Å². The van der Waals surface area contributed by atoms with E-state index in [1.54, 1.807) is 48.5 Å². The SMILES string of the molecule is COCCC(=O)Nc1ccc(/C=C/C(=O)C2C(=O)Nc3ccccc3C2=O)cc1. The van der Waals surface area contributed by atoms with Gasteiger partial charge in [0.15, 0.2) is 17.5 Å². The number of ether oxygens (including phenoxy) is 1. The first-order valence-electron chi connectivity index (χ1n) is 9.04. The number of carbonyl (C=O) groups is 4. The van der Waals surface area contributed by atoms with E-state index >= 15 is 0 Å². The number of carbonyl (C=O) groups excluding carboxylic acids is 4. The molecule has 1 aliphatic rings. The summed E-state index contributed by atoms with van der Waals surface area (Å²) in [5.41, 5.74) is 2.05. The van der Waals surface area contributed by atoms with Gasteiger partial charge >= 0.3 is 0 Å². The normalized spacial score (nSPS) is 15.7. The number of methoxy groups -OCH3 is 1. The molecule has 148 valence electrons. The van der Waals surface area contributed by atoms with Gasteiger partial charge in [-0.25, -0.2) is 0 Å². The van der Waals surface area contributed by atoms with E-state index in [9.17, 15) is 19.2 Å². The number of benzene rings is 2. The molecule has 7 heteroatoms. The molecule has 1 atom stereocenters. The number of fused-ring (bicyclic) bond motifs is 1. The van der Waals surface area contributed by atoms with Crippen LogP contribution >= 0.6 is 0 Å². The number of rotatable bonds is 7. The van der Waals surface area contributed by atoms with Crippen LogP contribution in [0.1, 0.15) is 22.3 Å². The molecule has 1 aliphatic heterocycles. The number of hydrogen-bond acceptors (Lipinski definition) is 5. The average molecular weight is 392 g/mol. The van der Waals surface area contributed by atoms with Crippen LogP contribution in [0.4, 0.5) is 11.4 Å². The maximum absolute atomic E-state index is 12.5. The van der Waals surface area contributed by atoms with Gasteiger partial charge in [0.05, 0.1) is 18.7 Å². The summed E-state index contributed by atoms with van der Waals surface area (Å²) in [6, 6.07) is 13.4. The van der Waals surface area contributed by atoms with E-state index in [0.717, 1.165) is 0 Å². The number of nitrogens with one attached hydrogen (secondary N) is 2. The molecule has 29 heavy (non-hydrogen) atoms. The van der Waals surface area contributed by atoms with Gasteiger partial charge in [-0.1, -0.05) is 30.3 Å². The summed E-state index contributed by atoms with van der Waals surface area (Å²) >= 11 is 0. The smallest absolute Gasteiger partial charge is 0.243 e. The number of para-hydroxylation sites is 1. The maximum atomic E-state index is 12.5. The van der Waals surface area contributed by atoms with Gasteiger partial charge in [-0.15, -0.1) is 0 Å². The molecule has 2 amide bonds. The van der Waals surface area contributed by atoms with Gasteiger partial charge in [0.2, 0.25) is 11.8 Å². The molecule has 2 N–H and O–H groups in total. The number of ketones is 2. The standard InChI is InChI=1S/C22H20N2O5/c1-29-13-12-19(26)23-15-9-6-14(7-10-15)8-11-18(25)20-21(27)16-4-2-3-5-17(16)24-22(20)28/h2-11,20H,12-13H2,1H3,(H,23,26)(H,24,28)/b11-8+. The molecule has 2 aromatic carbocycles. The number of hydrogen-bond donors (Lipinski definition) is 2. The van der Waals surface area contributed by atoms with Crippen LogP contribution in [0.15, 0.2) is 54.6 Å². The van der Waals surface area contributed by atoms with Gasteiger partial charge in [0.25, 0.3) is 0 Å². The van der Waals surface area contributed by atoms with Crippen molar-refractivity contribution in [1.29, 1.82) is 0 Å². The first kappa shape index (κ1) is 20.2. The quantitative estimate of drug-likeness (QED) is 0.557. The highest BCUT2D eigenvalue weighted by molar-refractivity contribution is 6.32. The van der Waals surface area contributed by atoms with Crippen LogP contribution in [0.2, 0.25) is 0 Å². The third kappa shape index (κ3) is 4.83. The Morgan fingerprint density at radius 2 is 1.83 bits per heavy atom. The molecule has 1 unspecified atom stereocenters. The highest BCUT2D eigenvalue weighted by Gasteiger charge is 2.38. The minimum atomic E-state index is -1.39. The lowest BCUT2D eigenvalue weighted by atomic mass is 9.88. The van der Waals surface area contributed by atoms with Crippen molar-refractivity contribution in [2.75, 3.05) is 24.4 Å². The molecule has 0 saturated carbocycles. The van der Waals surface area contributed by atoms with Gasteiger partial charge in [-0.05, 0) is 35.9 Å². The van der Waals surface area contributed by atoms with Crippen molar-refractivity contribution in [2.24, 2.45) is 5.92 Å². The van der Waals surface area contributed by atoms with Crippen LogP contribution in [0, 0.1) is 5.92 Å². The maximum Gasteiger partial charge on any atom is 0.243 e. The molecular formula is C22H20N2O5. The molecule has 0 spiro atoms. The van der Waals surface area contributed by atoms with E-state index in [4.69, 9.17) is 4.74 Å². The summed E-state index contributed by atoms with van der Waals surface area (Å²) in [5, 5.41) is 5.33. The predicted octanol–water partition coefficient (Wildman–Crippen LogP) is 2.70. The largest absolute Gasteiger partial charge is 0.384 e. The van der Waals surface area contributed by atoms with Crippen LogP contribution in [-0.2, 0) is 19.1 Å². The van der Waals surface area contributed by atoms with Gasteiger partial charge in [0, 0.05) is 18.4 Å². The van der Waals surface area contributed by atoms with E-state index < -0.39 is 23.4 Å². The molecule has 7 nitrogen and oxygen atoms in total. The summed E-state index contributed by atoms with van der Waals surface area (Å²) in [5.74, 6) is -3.27. The Kier molecular flexibility index (Phi) is 6.31. The third-order valence-electron chi connectivity index (χ3n) is 4.43. The van der Waals surface area contributed by atoms with Crippen molar-refractivity contribution in [1.82, 2.24) is 0 Å². The van der Waals surface area contributed by atoms with Gasteiger partial charge in [-0.2, -0.15) is 0 Å². The van der Waals surface area contributed by atoms with E-state index in [1.807, 2.05) is 0 Å². The Hall–Kier alpha value is -3.58. The lowest BCUT2D eigenvalue weighted by molar-refractivity contribution is -0.126. The Balaban J connectivity index is 1.65. The molecule has 0 radical (unpaired) electrons. The number of allylic oxidation sites excluding steroid dienone is 1. The van der Waals surface area contributed by atoms with E-state index in [1.165, 1.54) is 19.3 Å². The van der Waals surface area contributed by atoms with Crippen LogP contribution in [0.3, 0.4) is 0 Å². The lowest BCUT2D eigenvalue weighted by Crippen LogP contribution is -2.39. The zero-order valence-corrected chi connectivity index (χ0v) is 15.8. The van der Waals surface area contributed by atoms with Crippen LogP contribution in [0.25, 0.3) is 6.08 Å². The molecule has 3 rings (SSSR count). The fourth-order valence-electron chi connectivity index (χ4n) is 2.92. The fourth-order valence-corrected chi connectivity index (χ4v) is 2.92. The average Bonchev–Trinajstić information content (AvgIpc) is 2.71. The van der Waals surface area contributed by atoms with Crippen molar-refractivity contribution < 1.29 is 23.9 Å². The zero-order chi connectivity index (χ0) is 20.8. The Morgan fingerprint density at radius 1 is 1.10 bits per heavy atom. The highest BCUT2D eigenvalue weighted by Crippen LogP contribution is 2.26. The zero-order valence-electron chi connectivity index (χ0n) is 15.8. The molecule has 2 aromatic rings. The lowest BCUT2D eigenvalue weighted by Gasteiger charge is -2.21. The predicted molar refractivity (Wildman–Crippen MR) is 108 cm³/mol. The molecule has 0 aromatic heterocycles. The molecule has 0 aliphatic carbocycles. The number of anilines is 2. The monoisotopic (exact) mass is 392 g/mol. The minimum absolute atomic E-state index is 0.160. The highest BCUT2D eigenvalue weighted by atomic mass is 16.5. The summed E-state index contributed by atoms with van der Waals surface area (Å²) < 4.78 is 4.85. The minimum Gasteiger partial charge on any atom is -0.384 e. The van der Waals surface area contributed by atoms with Gasteiger partial charge in [-0.3, -0.25) is 19.2 Å². The fraction of sp³-hybridized carbons (Fsp3) is 0.182. The second-order valence-corrected chi connectivity index (χ2v) is 6.48. The summed E-state index contributed by atoms with van der Waals surface area (Å²) in [6.45, 7) is 0.340. The molecular weight excluding hydrogens is 372 g/mol. The second-order valence-electron chi connectivity index (χ2n) is 6.48. The Labute approximate surface area is 167 Å². The van der Waals surface area contributed by atoms with E-state index in [0.29, 0.717) is 29.1 Å². The Morgan fingerprint density at radius 3 is 2.55 bits per heavy atom. The van der Waals surface area contributed by atoms with Crippen LogP contribution in [-0.4, -0.2) is 37.1 Å². The molecule has 1 heterocycles. The van der Waals surface area contributed by atoms with Crippen LogP contribution < -0.4 is 10.6 Å². The molecule has 0 bridgehead atoms. The molecule has 0 fully saturated rings. The summed E-state index contributed by atoms with van der Waals surface area (Å²) in [6.07, 6.45) is 3.01. The first-order chi connectivity index (χ1) is 14.0. The topological polar surface area (TPSA) is 102 Å². The third-order valence-corrected chi connectivity index (χ3v) is 4.43. The Bertz CT molecular complexity index is 979. The van der Waals surface area contributed by atoms with Crippen molar-refractivity contribution in [2.45, 2.75) is 6.42 Å². The summed E-state index contributed by atoms with van der Waals surface area (Å²) in [4.78, 5) is 48.9.